The molecule has 1 aromatic carbocycles. The first-order chi connectivity index (χ1) is 8.59. The molecule has 1 atom stereocenters. The Morgan fingerprint density at radius 1 is 1.22 bits per heavy atom. The molecule has 0 bridgehead atoms. The second kappa shape index (κ2) is 4.83. The van der Waals surface area contributed by atoms with E-state index >= 15 is 0 Å². The van der Waals surface area contributed by atoms with Gasteiger partial charge in [-0.3, -0.25) is 4.79 Å². The molecule has 0 saturated carbocycles. The number of amides is 1. The summed E-state index contributed by atoms with van der Waals surface area (Å²) in [5.74, 6) is -0.494. The van der Waals surface area contributed by atoms with Crippen LogP contribution in [0.2, 0.25) is 0 Å². The molecular weight excluding hydrogens is 234 g/mol. The lowest BCUT2D eigenvalue weighted by atomic mass is 10.1. The van der Waals surface area contributed by atoms with Crippen LogP contribution in [0.5, 0.6) is 11.5 Å². The summed E-state index contributed by atoms with van der Waals surface area (Å²) < 4.78 is 5.15. The number of nitrogens with one attached hydrogen (secondary N) is 1. The Hall–Kier alpha value is -2.43. The zero-order valence-electron chi connectivity index (χ0n) is 9.75. The smallest absolute Gasteiger partial charge is 0.259 e. The summed E-state index contributed by atoms with van der Waals surface area (Å²) in [6.07, 6.45) is 1.51. The maximum atomic E-state index is 11.9. The third kappa shape index (κ3) is 2.29. The monoisotopic (exact) mass is 247 g/mol. The molecule has 0 spiro atoms. The van der Waals surface area contributed by atoms with E-state index in [1.54, 1.807) is 19.1 Å². The Kier molecular flexibility index (Phi) is 3.23. The number of rotatable bonds is 3. The number of phenols is 2. The lowest BCUT2D eigenvalue weighted by molar-refractivity contribution is 0.0930. The SMILES string of the molecule is CC(NC(=O)c1c(O)cccc1O)c1ccco1. The summed E-state index contributed by atoms with van der Waals surface area (Å²) in [6, 6.07) is 7.23. The highest BCUT2D eigenvalue weighted by molar-refractivity contribution is 5.99. The number of benzene rings is 1. The fourth-order valence-corrected chi connectivity index (χ4v) is 1.64. The van der Waals surface area contributed by atoms with Gasteiger partial charge in [0.25, 0.3) is 5.91 Å². The lowest BCUT2D eigenvalue weighted by Gasteiger charge is -2.12. The van der Waals surface area contributed by atoms with Crippen molar-refractivity contribution in [3.8, 4) is 11.5 Å². The molecule has 3 N–H and O–H groups in total. The van der Waals surface area contributed by atoms with Crippen molar-refractivity contribution >= 4 is 5.91 Å². The van der Waals surface area contributed by atoms with Crippen molar-refractivity contribution in [3.05, 3.63) is 47.9 Å². The van der Waals surface area contributed by atoms with Crippen LogP contribution < -0.4 is 5.32 Å². The highest BCUT2D eigenvalue weighted by Crippen LogP contribution is 2.26. The number of carbonyl (C=O) groups is 1. The zero-order chi connectivity index (χ0) is 13.1. The van der Waals surface area contributed by atoms with Crippen molar-refractivity contribution < 1.29 is 19.4 Å². The van der Waals surface area contributed by atoms with Gasteiger partial charge in [-0.15, -0.1) is 0 Å². The predicted molar refractivity (Wildman–Crippen MR) is 64.4 cm³/mol. The molecule has 0 aliphatic carbocycles. The first-order valence-electron chi connectivity index (χ1n) is 5.45. The number of furan rings is 1. The summed E-state index contributed by atoms with van der Waals surface area (Å²) in [4.78, 5) is 11.9. The van der Waals surface area contributed by atoms with Gasteiger partial charge >= 0.3 is 0 Å². The van der Waals surface area contributed by atoms with Crippen LogP contribution in [0.4, 0.5) is 0 Å². The van der Waals surface area contributed by atoms with E-state index in [1.165, 1.54) is 24.5 Å². The minimum atomic E-state index is -0.561. The standard InChI is InChI=1S/C13H13NO4/c1-8(11-6-3-7-18-11)14-13(17)12-9(15)4-2-5-10(12)16/h2-8,15-16H,1H3,(H,14,17). The van der Waals surface area contributed by atoms with Crippen LogP contribution in [0.15, 0.2) is 41.0 Å². The fourth-order valence-electron chi connectivity index (χ4n) is 1.64. The van der Waals surface area contributed by atoms with Crippen molar-refractivity contribution in [2.24, 2.45) is 0 Å². The van der Waals surface area contributed by atoms with E-state index in [4.69, 9.17) is 4.42 Å². The summed E-state index contributed by atoms with van der Waals surface area (Å²) >= 11 is 0. The summed E-state index contributed by atoms with van der Waals surface area (Å²) in [7, 11) is 0. The van der Waals surface area contributed by atoms with Gasteiger partial charge in [-0.25, -0.2) is 0 Å². The summed E-state index contributed by atoms with van der Waals surface area (Å²) in [5.41, 5.74) is -0.143. The van der Waals surface area contributed by atoms with E-state index in [2.05, 4.69) is 5.32 Å². The maximum Gasteiger partial charge on any atom is 0.259 e. The van der Waals surface area contributed by atoms with E-state index in [0.717, 1.165) is 0 Å². The van der Waals surface area contributed by atoms with Gasteiger partial charge in [0.05, 0.1) is 12.3 Å². The number of hydrogen-bond acceptors (Lipinski definition) is 4. The van der Waals surface area contributed by atoms with E-state index in [0.29, 0.717) is 5.76 Å². The van der Waals surface area contributed by atoms with Gasteiger partial charge < -0.3 is 19.9 Å². The third-order valence-electron chi connectivity index (χ3n) is 2.57. The maximum absolute atomic E-state index is 11.9. The molecule has 2 rings (SSSR count). The highest BCUT2D eigenvalue weighted by Gasteiger charge is 2.19. The average molecular weight is 247 g/mol. The Balaban J connectivity index is 2.18. The first kappa shape index (κ1) is 12.0. The first-order valence-corrected chi connectivity index (χ1v) is 5.45. The molecule has 1 amide bonds. The number of phenolic OH excluding ortho intramolecular Hbond substituents is 2. The molecule has 18 heavy (non-hydrogen) atoms. The third-order valence-corrected chi connectivity index (χ3v) is 2.57. The van der Waals surface area contributed by atoms with Crippen LogP contribution >= 0.6 is 0 Å². The van der Waals surface area contributed by atoms with Crippen LogP contribution in [0.3, 0.4) is 0 Å². The lowest BCUT2D eigenvalue weighted by Crippen LogP contribution is -2.26. The molecule has 0 aliphatic heterocycles. The minimum Gasteiger partial charge on any atom is -0.507 e. The summed E-state index contributed by atoms with van der Waals surface area (Å²) in [5, 5.41) is 21.7. The number of aromatic hydroxyl groups is 2. The molecule has 2 aromatic rings. The van der Waals surface area contributed by atoms with Crippen molar-refractivity contribution in [3.63, 3.8) is 0 Å². The molecule has 94 valence electrons. The van der Waals surface area contributed by atoms with Gasteiger partial charge in [-0.1, -0.05) is 6.07 Å². The molecule has 0 aliphatic rings. The van der Waals surface area contributed by atoms with E-state index < -0.39 is 5.91 Å². The number of hydrogen-bond donors (Lipinski definition) is 3. The van der Waals surface area contributed by atoms with E-state index in [9.17, 15) is 15.0 Å². The molecule has 0 fully saturated rings. The summed E-state index contributed by atoms with van der Waals surface area (Å²) in [6.45, 7) is 1.74. The molecule has 1 heterocycles. The Labute approximate surface area is 104 Å². The van der Waals surface area contributed by atoms with Crippen molar-refractivity contribution in [2.75, 3.05) is 0 Å². The molecule has 1 unspecified atom stereocenters. The van der Waals surface area contributed by atoms with Gasteiger partial charge in [0.2, 0.25) is 0 Å². The van der Waals surface area contributed by atoms with Crippen molar-refractivity contribution in [1.82, 2.24) is 5.32 Å². The van der Waals surface area contributed by atoms with Crippen molar-refractivity contribution in [1.29, 1.82) is 0 Å². The predicted octanol–water partition coefficient (Wildman–Crippen LogP) is 2.18. The molecule has 1 aromatic heterocycles. The quantitative estimate of drug-likeness (QED) is 0.776. The molecular formula is C13H13NO4. The van der Waals surface area contributed by atoms with Gasteiger partial charge in [0, 0.05) is 0 Å². The topological polar surface area (TPSA) is 82.7 Å². The minimum absolute atomic E-state index is 0.143. The molecule has 0 radical (unpaired) electrons. The second-order valence-corrected chi connectivity index (χ2v) is 3.88. The van der Waals surface area contributed by atoms with Crippen LogP contribution in [0.1, 0.15) is 29.1 Å². The zero-order valence-corrected chi connectivity index (χ0v) is 9.75. The average Bonchev–Trinajstić information content (AvgIpc) is 2.81. The van der Waals surface area contributed by atoms with Crippen LogP contribution in [-0.2, 0) is 0 Å². The van der Waals surface area contributed by atoms with Crippen molar-refractivity contribution in [2.45, 2.75) is 13.0 Å². The highest BCUT2D eigenvalue weighted by atomic mass is 16.3. The fraction of sp³-hybridized carbons (Fsp3) is 0.154. The van der Waals surface area contributed by atoms with Crippen LogP contribution in [-0.4, -0.2) is 16.1 Å². The molecule has 5 nitrogen and oxygen atoms in total. The van der Waals surface area contributed by atoms with E-state index in [1.807, 2.05) is 0 Å². The second-order valence-electron chi connectivity index (χ2n) is 3.88. The molecule has 0 saturated heterocycles. The normalized spacial score (nSPS) is 12.1. The number of carbonyl (C=O) groups excluding carboxylic acids is 1. The van der Waals surface area contributed by atoms with Gasteiger partial charge in [-0.05, 0) is 31.2 Å². The Morgan fingerprint density at radius 2 is 1.89 bits per heavy atom. The largest absolute Gasteiger partial charge is 0.507 e. The van der Waals surface area contributed by atoms with Gasteiger partial charge in [0.1, 0.15) is 22.8 Å². The van der Waals surface area contributed by atoms with Crippen LogP contribution in [0, 0.1) is 0 Å². The van der Waals surface area contributed by atoms with E-state index in [-0.39, 0.29) is 23.1 Å². The van der Waals surface area contributed by atoms with Crippen LogP contribution in [0.25, 0.3) is 0 Å². The van der Waals surface area contributed by atoms with Gasteiger partial charge in [-0.2, -0.15) is 0 Å². The Bertz CT molecular complexity index is 528. The van der Waals surface area contributed by atoms with Gasteiger partial charge in [0.15, 0.2) is 0 Å². The molecule has 5 heteroatoms. The Morgan fingerprint density at radius 3 is 2.44 bits per heavy atom.